The minimum absolute atomic E-state index is 0.0641. The van der Waals surface area contributed by atoms with Gasteiger partial charge in [-0.3, -0.25) is 9.78 Å². The van der Waals surface area contributed by atoms with Gasteiger partial charge in [-0.05, 0) is 29.9 Å². The Bertz CT molecular complexity index is 1280. The van der Waals surface area contributed by atoms with Crippen LogP contribution in [-0.4, -0.2) is 59.6 Å². The Balaban J connectivity index is 1.53. The van der Waals surface area contributed by atoms with Crippen LogP contribution in [0.15, 0.2) is 66.9 Å². The Labute approximate surface area is 202 Å². The Morgan fingerprint density at radius 2 is 1.63 bits per heavy atom. The van der Waals surface area contributed by atoms with Gasteiger partial charge in [-0.15, -0.1) is 0 Å². The van der Waals surface area contributed by atoms with Crippen LogP contribution in [0.4, 0.5) is 13.2 Å². The van der Waals surface area contributed by atoms with Crippen molar-refractivity contribution < 1.29 is 26.4 Å². The van der Waals surface area contributed by atoms with E-state index in [1.165, 1.54) is 0 Å². The molecule has 0 aliphatic carbocycles. The highest BCUT2D eigenvalue weighted by Crippen LogP contribution is 2.26. The lowest BCUT2D eigenvalue weighted by molar-refractivity contribution is -0.130. The summed E-state index contributed by atoms with van der Waals surface area (Å²) in [5, 5.41) is 1.80. The van der Waals surface area contributed by atoms with Crippen molar-refractivity contribution in [1.29, 1.82) is 0 Å². The van der Waals surface area contributed by atoms with E-state index >= 15 is 0 Å². The van der Waals surface area contributed by atoms with E-state index in [0.29, 0.717) is 25.1 Å². The van der Waals surface area contributed by atoms with Gasteiger partial charge in [0, 0.05) is 37.3 Å². The maximum Gasteiger partial charge on any atom is 0.390 e. The molecule has 10 heteroatoms. The first-order valence-corrected chi connectivity index (χ1v) is 13.0. The number of carbonyl (C=O) groups excluding carboxylic acids is 1. The zero-order valence-electron chi connectivity index (χ0n) is 19.0. The molecule has 1 saturated heterocycles. The molecule has 1 amide bonds. The fourth-order valence-corrected chi connectivity index (χ4v) is 5.82. The predicted molar refractivity (Wildman–Crippen MR) is 127 cm³/mol. The number of pyridine rings is 1. The predicted octanol–water partition coefficient (Wildman–Crippen LogP) is 4.62. The van der Waals surface area contributed by atoms with Crippen molar-refractivity contribution in [3.05, 3.63) is 78.1 Å². The standard InChI is InChI=1S/C25H26F3N3O3S/c26-25(27,28)12-15-35(33,34)30-13-10-22(11-14-30)31(18-19-6-2-1-3-7-19)24(32)23-16-20-8-4-5-9-21(20)17-29-23/h1-9,16-17,22H,10-15,18H2. The number of fused-ring (bicyclic) bond motifs is 1. The number of benzene rings is 2. The van der Waals surface area contributed by atoms with Gasteiger partial charge in [-0.1, -0.05) is 54.6 Å². The number of amides is 1. The van der Waals surface area contributed by atoms with Crippen molar-refractivity contribution in [3.8, 4) is 0 Å². The van der Waals surface area contributed by atoms with Gasteiger partial charge >= 0.3 is 6.18 Å². The lowest BCUT2D eigenvalue weighted by Gasteiger charge is -2.38. The number of hydrogen-bond acceptors (Lipinski definition) is 4. The number of carbonyl (C=O) groups is 1. The van der Waals surface area contributed by atoms with Crippen LogP contribution in [0, 0.1) is 0 Å². The number of hydrogen-bond donors (Lipinski definition) is 0. The molecule has 0 bridgehead atoms. The second-order valence-corrected chi connectivity index (χ2v) is 10.7. The smallest absolute Gasteiger partial charge is 0.330 e. The second kappa shape index (κ2) is 10.3. The number of sulfonamides is 1. The summed E-state index contributed by atoms with van der Waals surface area (Å²) in [6, 6.07) is 18.5. The van der Waals surface area contributed by atoms with E-state index in [9.17, 15) is 26.4 Å². The topological polar surface area (TPSA) is 70.6 Å². The molecule has 1 aromatic heterocycles. The van der Waals surface area contributed by atoms with Crippen LogP contribution in [0.1, 0.15) is 35.3 Å². The second-order valence-electron chi connectivity index (χ2n) is 8.65. The molecule has 1 aliphatic rings. The van der Waals surface area contributed by atoms with Crippen LogP contribution in [0.2, 0.25) is 0 Å². The zero-order valence-corrected chi connectivity index (χ0v) is 19.8. The van der Waals surface area contributed by atoms with E-state index in [0.717, 1.165) is 20.6 Å². The van der Waals surface area contributed by atoms with Crippen molar-refractivity contribution in [1.82, 2.24) is 14.2 Å². The third-order valence-electron chi connectivity index (χ3n) is 6.21. The van der Waals surface area contributed by atoms with Gasteiger partial charge in [0.1, 0.15) is 5.69 Å². The number of rotatable bonds is 7. The van der Waals surface area contributed by atoms with Crippen molar-refractivity contribution in [2.45, 2.75) is 38.0 Å². The van der Waals surface area contributed by atoms with Crippen LogP contribution in [0.3, 0.4) is 0 Å². The number of piperidine rings is 1. The van der Waals surface area contributed by atoms with E-state index in [-0.39, 0.29) is 25.0 Å². The maximum absolute atomic E-state index is 13.6. The quantitative estimate of drug-likeness (QED) is 0.470. The fraction of sp³-hybridized carbons (Fsp3) is 0.360. The Morgan fingerprint density at radius 1 is 1.00 bits per heavy atom. The molecule has 35 heavy (non-hydrogen) atoms. The molecule has 2 aromatic carbocycles. The molecule has 0 radical (unpaired) electrons. The molecule has 0 atom stereocenters. The van der Waals surface area contributed by atoms with Gasteiger partial charge in [-0.2, -0.15) is 13.2 Å². The molecular formula is C25H26F3N3O3S. The minimum atomic E-state index is -4.53. The lowest BCUT2D eigenvalue weighted by Crippen LogP contribution is -2.49. The van der Waals surface area contributed by atoms with Crippen LogP contribution >= 0.6 is 0 Å². The third kappa shape index (κ3) is 6.37. The van der Waals surface area contributed by atoms with E-state index in [2.05, 4.69) is 4.98 Å². The Hall–Kier alpha value is -2.98. The SMILES string of the molecule is O=C(c1cc2ccccc2cn1)N(Cc1ccccc1)C1CCN(S(=O)(=O)CCC(F)(F)F)CC1. The molecule has 2 heterocycles. The number of nitrogens with zero attached hydrogens (tertiary/aromatic N) is 3. The third-order valence-corrected chi connectivity index (χ3v) is 8.08. The van der Waals surface area contributed by atoms with E-state index in [4.69, 9.17) is 0 Å². The highest BCUT2D eigenvalue weighted by atomic mass is 32.2. The van der Waals surface area contributed by atoms with Gasteiger partial charge in [0.25, 0.3) is 5.91 Å². The largest absolute Gasteiger partial charge is 0.390 e. The fourth-order valence-electron chi connectivity index (χ4n) is 4.30. The Kier molecular flexibility index (Phi) is 7.42. The number of halogens is 3. The highest BCUT2D eigenvalue weighted by molar-refractivity contribution is 7.89. The summed E-state index contributed by atoms with van der Waals surface area (Å²) < 4.78 is 63.6. The number of aromatic nitrogens is 1. The van der Waals surface area contributed by atoms with Gasteiger partial charge in [0.05, 0.1) is 12.2 Å². The van der Waals surface area contributed by atoms with Crippen molar-refractivity contribution in [2.24, 2.45) is 0 Å². The first-order valence-electron chi connectivity index (χ1n) is 11.4. The summed E-state index contributed by atoms with van der Waals surface area (Å²) in [5.41, 5.74) is 1.21. The molecule has 1 fully saturated rings. The molecule has 0 saturated carbocycles. The molecule has 4 rings (SSSR count). The molecule has 0 spiro atoms. The number of alkyl halides is 3. The normalized spacial score (nSPS) is 15.9. The molecule has 1 aliphatic heterocycles. The van der Waals surface area contributed by atoms with Gasteiger partial charge in [0.2, 0.25) is 10.0 Å². The average molecular weight is 506 g/mol. The maximum atomic E-state index is 13.6. The van der Waals surface area contributed by atoms with Crippen LogP contribution in [0.5, 0.6) is 0 Å². The first-order chi connectivity index (χ1) is 16.6. The summed E-state index contributed by atoms with van der Waals surface area (Å²) in [7, 11) is -4.02. The average Bonchev–Trinajstić information content (AvgIpc) is 2.86. The summed E-state index contributed by atoms with van der Waals surface area (Å²) in [6.45, 7) is 0.447. The van der Waals surface area contributed by atoms with E-state index in [1.54, 1.807) is 17.2 Å². The van der Waals surface area contributed by atoms with Crippen LogP contribution in [0.25, 0.3) is 10.8 Å². The van der Waals surface area contributed by atoms with Crippen LogP contribution in [-0.2, 0) is 16.6 Å². The van der Waals surface area contributed by atoms with Gasteiger partial charge in [0.15, 0.2) is 0 Å². The van der Waals surface area contributed by atoms with Crippen molar-refractivity contribution in [3.63, 3.8) is 0 Å². The van der Waals surface area contributed by atoms with E-state index < -0.39 is 28.4 Å². The first kappa shape index (κ1) is 25.1. The summed E-state index contributed by atoms with van der Waals surface area (Å²) in [4.78, 5) is 19.7. The molecule has 6 nitrogen and oxygen atoms in total. The van der Waals surface area contributed by atoms with E-state index in [1.807, 2.05) is 54.6 Å². The highest BCUT2D eigenvalue weighted by Gasteiger charge is 2.36. The lowest BCUT2D eigenvalue weighted by atomic mass is 10.0. The summed E-state index contributed by atoms with van der Waals surface area (Å²) in [5.74, 6) is -1.23. The Morgan fingerprint density at radius 3 is 2.29 bits per heavy atom. The van der Waals surface area contributed by atoms with Gasteiger partial charge < -0.3 is 4.90 Å². The van der Waals surface area contributed by atoms with Gasteiger partial charge in [-0.25, -0.2) is 12.7 Å². The van der Waals surface area contributed by atoms with Crippen molar-refractivity contribution in [2.75, 3.05) is 18.8 Å². The summed E-state index contributed by atoms with van der Waals surface area (Å²) in [6.07, 6.45) is -3.59. The van der Waals surface area contributed by atoms with Crippen LogP contribution < -0.4 is 0 Å². The molecule has 0 N–H and O–H groups in total. The zero-order chi connectivity index (χ0) is 25.1. The monoisotopic (exact) mass is 505 g/mol. The molecule has 0 unspecified atom stereocenters. The van der Waals surface area contributed by atoms with Crippen molar-refractivity contribution >= 4 is 26.7 Å². The molecule has 186 valence electrons. The summed E-state index contributed by atoms with van der Waals surface area (Å²) >= 11 is 0. The molecular weight excluding hydrogens is 479 g/mol. The minimum Gasteiger partial charge on any atom is -0.330 e. The molecule has 3 aromatic rings.